The minimum absolute atomic E-state index is 0.395. The molecule has 0 amide bonds. The summed E-state index contributed by atoms with van der Waals surface area (Å²) >= 11 is 1.40. The van der Waals surface area contributed by atoms with Gasteiger partial charge in [0.15, 0.2) is 6.29 Å². The van der Waals surface area contributed by atoms with E-state index in [0.29, 0.717) is 29.2 Å². The van der Waals surface area contributed by atoms with Crippen LogP contribution in [-0.4, -0.2) is 50.9 Å². The highest BCUT2D eigenvalue weighted by atomic mass is 32.2. The van der Waals surface area contributed by atoms with Crippen LogP contribution < -0.4 is 0 Å². The molecular formula is C9H14N6O3S. The zero-order valence-electron chi connectivity index (χ0n) is 10.8. The topological polar surface area (TPSA) is 101 Å². The minimum Gasteiger partial charge on any atom is -0.425 e. The Balaban J connectivity index is 1.95. The van der Waals surface area contributed by atoms with E-state index in [2.05, 4.69) is 25.7 Å². The maximum atomic E-state index is 5.27. The number of aryl methyl sites for hydroxylation is 1. The van der Waals surface area contributed by atoms with Crippen molar-refractivity contribution in [2.75, 3.05) is 14.2 Å². The molecule has 2 aromatic rings. The van der Waals surface area contributed by atoms with Crippen LogP contribution in [0.5, 0.6) is 0 Å². The summed E-state index contributed by atoms with van der Waals surface area (Å²) in [6.07, 6.45) is -0.395. The zero-order chi connectivity index (χ0) is 13.7. The lowest BCUT2D eigenvalue weighted by atomic mass is 10.6. The normalized spacial score (nSPS) is 11.4. The van der Waals surface area contributed by atoms with E-state index in [-0.39, 0.29) is 0 Å². The molecule has 0 aliphatic heterocycles. The Morgan fingerprint density at radius 2 is 2.05 bits per heavy atom. The number of ether oxygens (including phenoxy) is 2. The van der Waals surface area contributed by atoms with Gasteiger partial charge < -0.3 is 13.9 Å². The first-order valence-electron chi connectivity index (χ1n) is 5.46. The van der Waals surface area contributed by atoms with Crippen molar-refractivity contribution in [2.45, 2.75) is 30.7 Å². The number of hydrogen-bond donors (Lipinski definition) is 0. The number of aromatic nitrogens is 6. The molecule has 0 radical (unpaired) electrons. The molecule has 2 heterocycles. The van der Waals surface area contributed by atoms with Gasteiger partial charge in [0, 0.05) is 21.1 Å². The molecule has 0 aromatic carbocycles. The van der Waals surface area contributed by atoms with Crippen LogP contribution in [0.25, 0.3) is 0 Å². The quantitative estimate of drug-likeness (QED) is 0.524. The van der Waals surface area contributed by atoms with Crippen LogP contribution in [0, 0.1) is 6.92 Å². The predicted octanol–water partition coefficient (Wildman–Crippen LogP) is 0.276. The van der Waals surface area contributed by atoms with Crippen LogP contribution >= 0.6 is 11.8 Å². The lowest BCUT2D eigenvalue weighted by molar-refractivity contribution is -0.113. The molecule has 0 saturated carbocycles. The second kappa shape index (κ2) is 6.59. The van der Waals surface area contributed by atoms with Gasteiger partial charge in [0.2, 0.25) is 16.9 Å². The molecule has 10 heteroatoms. The van der Waals surface area contributed by atoms with Crippen molar-refractivity contribution >= 4 is 11.8 Å². The summed E-state index contributed by atoms with van der Waals surface area (Å²) in [6, 6.07) is 0. The van der Waals surface area contributed by atoms with Crippen LogP contribution in [0.15, 0.2) is 9.57 Å². The van der Waals surface area contributed by atoms with E-state index >= 15 is 0 Å². The van der Waals surface area contributed by atoms with Gasteiger partial charge in [-0.25, -0.2) is 4.68 Å². The van der Waals surface area contributed by atoms with Gasteiger partial charge in [0.25, 0.3) is 0 Å². The van der Waals surface area contributed by atoms with Gasteiger partial charge in [-0.1, -0.05) is 11.8 Å². The molecule has 0 N–H and O–H groups in total. The van der Waals surface area contributed by atoms with Crippen molar-refractivity contribution < 1.29 is 13.9 Å². The maximum absolute atomic E-state index is 5.27. The largest absolute Gasteiger partial charge is 0.425 e. The first-order chi connectivity index (χ1) is 9.22. The summed E-state index contributed by atoms with van der Waals surface area (Å²) in [5.74, 6) is 1.58. The van der Waals surface area contributed by atoms with Gasteiger partial charge in [-0.3, -0.25) is 0 Å². The highest BCUT2D eigenvalue weighted by Gasteiger charge is 2.14. The van der Waals surface area contributed by atoms with E-state index in [4.69, 9.17) is 13.9 Å². The molecule has 0 bridgehead atoms. The van der Waals surface area contributed by atoms with E-state index in [1.54, 1.807) is 25.8 Å². The number of thioether (sulfide) groups is 1. The Labute approximate surface area is 113 Å². The molecular weight excluding hydrogens is 272 g/mol. The van der Waals surface area contributed by atoms with Crippen molar-refractivity contribution in [1.82, 2.24) is 30.4 Å². The molecule has 0 saturated heterocycles. The molecule has 0 unspecified atom stereocenters. The molecule has 0 aliphatic carbocycles. The Morgan fingerprint density at radius 1 is 1.26 bits per heavy atom. The average Bonchev–Trinajstić information content (AvgIpc) is 3.02. The van der Waals surface area contributed by atoms with Crippen molar-refractivity contribution in [3.63, 3.8) is 0 Å². The summed E-state index contributed by atoms with van der Waals surface area (Å²) in [4.78, 5) is 0. The number of hydrogen-bond acceptors (Lipinski definition) is 9. The summed E-state index contributed by atoms with van der Waals surface area (Å²) in [5.41, 5.74) is 0. The third kappa shape index (κ3) is 3.72. The summed E-state index contributed by atoms with van der Waals surface area (Å²) in [5, 5.41) is 19.7. The number of methoxy groups -OCH3 is 2. The Hall–Kier alpha value is -1.52. The Kier molecular flexibility index (Phi) is 4.82. The van der Waals surface area contributed by atoms with Crippen LogP contribution in [0.1, 0.15) is 11.8 Å². The zero-order valence-corrected chi connectivity index (χ0v) is 11.6. The molecule has 0 spiro atoms. The molecule has 9 nitrogen and oxygen atoms in total. The smallest absolute Gasteiger partial charge is 0.226 e. The van der Waals surface area contributed by atoms with Gasteiger partial charge in [0.1, 0.15) is 0 Å². The molecule has 0 atom stereocenters. The lowest BCUT2D eigenvalue weighted by Crippen LogP contribution is -2.21. The maximum Gasteiger partial charge on any atom is 0.226 e. The molecule has 104 valence electrons. The van der Waals surface area contributed by atoms with E-state index in [9.17, 15) is 0 Å². The van der Waals surface area contributed by atoms with E-state index < -0.39 is 6.29 Å². The van der Waals surface area contributed by atoms with Gasteiger partial charge in [-0.2, -0.15) is 0 Å². The number of rotatable bonds is 7. The minimum atomic E-state index is -0.395. The third-order valence-corrected chi connectivity index (χ3v) is 3.18. The number of tetrazole rings is 1. The van der Waals surface area contributed by atoms with E-state index in [0.717, 1.165) is 0 Å². The van der Waals surface area contributed by atoms with Crippen molar-refractivity contribution in [2.24, 2.45) is 0 Å². The summed E-state index contributed by atoms with van der Waals surface area (Å²) < 4.78 is 17.1. The van der Waals surface area contributed by atoms with Crippen LogP contribution in [-0.2, 0) is 21.8 Å². The SMILES string of the molecule is COC(Cn1nnnc1SCc1nnc(C)o1)OC. The Bertz CT molecular complexity index is 512. The fourth-order valence-electron chi connectivity index (χ4n) is 1.32. The van der Waals surface area contributed by atoms with Gasteiger partial charge in [-0.15, -0.1) is 15.3 Å². The van der Waals surface area contributed by atoms with Crippen molar-refractivity contribution in [3.8, 4) is 0 Å². The molecule has 2 aromatic heterocycles. The highest BCUT2D eigenvalue weighted by molar-refractivity contribution is 7.98. The van der Waals surface area contributed by atoms with Crippen LogP contribution in [0.2, 0.25) is 0 Å². The molecule has 0 aliphatic rings. The monoisotopic (exact) mass is 286 g/mol. The summed E-state index contributed by atoms with van der Waals surface area (Å²) in [7, 11) is 3.12. The lowest BCUT2D eigenvalue weighted by Gasteiger charge is -2.13. The van der Waals surface area contributed by atoms with Crippen LogP contribution in [0.3, 0.4) is 0 Å². The van der Waals surface area contributed by atoms with Crippen molar-refractivity contribution in [3.05, 3.63) is 11.8 Å². The van der Waals surface area contributed by atoms with E-state index in [1.165, 1.54) is 11.8 Å². The van der Waals surface area contributed by atoms with Crippen molar-refractivity contribution in [1.29, 1.82) is 0 Å². The fraction of sp³-hybridized carbons (Fsp3) is 0.667. The first kappa shape index (κ1) is 13.9. The Morgan fingerprint density at radius 3 is 2.68 bits per heavy atom. The predicted molar refractivity (Wildman–Crippen MR) is 64.2 cm³/mol. The average molecular weight is 286 g/mol. The molecule has 2 rings (SSSR count). The summed E-state index contributed by atoms with van der Waals surface area (Å²) in [6.45, 7) is 2.15. The second-order valence-electron chi connectivity index (χ2n) is 3.55. The highest BCUT2D eigenvalue weighted by Crippen LogP contribution is 2.19. The second-order valence-corrected chi connectivity index (χ2v) is 4.49. The molecule has 19 heavy (non-hydrogen) atoms. The van der Waals surface area contributed by atoms with Crippen LogP contribution in [0.4, 0.5) is 0 Å². The molecule has 0 fully saturated rings. The van der Waals surface area contributed by atoms with E-state index in [1.807, 2.05) is 0 Å². The third-order valence-electron chi connectivity index (χ3n) is 2.24. The fourth-order valence-corrected chi connectivity index (χ4v) is 2.05. The standard InChI is InChI=1S/C9H14N6O3S/c1-6-10-11-7(18-6)5-19-9-12-13-14-15(9)4-8(16-2)17-3/h8H,4-5H2,1-3H3. The van der Waals surface area contributed by atoms with Gasteiger partial charge in [0.05, 0.1) is 12.3 Å². The van der Waals surface area contributed by atoms with Gasteiger partial charge in [-0.05, 0) is 10.4 Å². The van der Waals surface area contributed by atoms with Gasteiger partial charge >= 0.3 is 0 Å². The first-order valence-corrected chi connectivity index (χ1v) is 6.45. The number of nitrogens with zero attached hydrogens (tertiary/aromatic N) is 6.